The van der Waals surface area contributed by atoms with Crippen molar-refractivity contribution in [2.75, 3.05) is 49.1 Å². The van der Waals surface area contributed by atoms with E-state index in [2.05, 4.69) is 20.2 Å². The molecule has 0 amide bonds. The number of benzene rings is 2. The molecule has 5 rings (SSSR count). The quantitative estimate of drug-likeness (QED) is 0.588. The SMILES string of the molecule is CC(C)N1CCOc2c(F)cc(-c3nc(Cc4ccc(N5CCNCC5)cc4F)ncc3F)cc21. The van der Waals surface area contributed by atoms with Crippen LogP contribution in [0.5, 0.6) is 5.75 Å². The lowest BCUT2D eigenvalue weighted by molar-refractivity contribution is 0.287. The average molecular weight is 484 g/mol. The first kappa shape index (κ1) is 23.4. The molecule has 3 heterocycles. The molecule has 6 nitrogen and oxygen atoms in total. The van der Waals surface area contributed by atoms with Crippen LogP contribution in [0.15, 0.2) is 36.5 Å². The molecule has 0 unspecified atom stereocenters. The minimum atomic E-state index is -0.671. The van der Waals surface area contributed by atoms with Crippen molar-refractivity contribution < 1.29 is 17.9 Å². The molecule has 1 aromatic heterocycles. The summed E-state index contributed by atoms with van der Waals surface area (Å²) in [6.45, 7) is 8.36. The second-order valence-corrected chi connectivity index (χ2v) is 9.11. The van der Waals surface area contributed by atoms with Crippen molar-refractivity contribution in [3.8, 4) is 17.0 Å². The summed E-state index contributed by atoms with van der Waals surface area (Å²) in [5.41, 5.74) is 2.07. The number of nitrogens with zero attached hydrogens (tertiary/aromatic N) is 4. The number of fused-ring (bicyclic) bond motifs is 1. The lowest BCUT2D eigenvalue weighted by Crippen LogP contribution is -2.43. The lowest BCUT2D eigenvalue weighted by atomic mass is 10.1. The number of ether oxygens (including phenoxy) is 1. The topological polar surface area (TPSA) is 53.5 Å². The Bertz CT molecular complexity index is 1230. The third kappa shape index (κ3) is 4.77. The molecule has 184 valence electrons. The molecule has 2 aliphatic heterocycles. The van der Waals surface area contributed by atoms with E-state index in [9.17, 15) is 13.2 Å². The van der Waals surface area contributed by atoms with Crippen LogP contribution in [0.1, 0.15) is 25.2 Å². The number of hydrogen-bond acceptors (Lipinski definition) is 6. The molecule has 1 N–H and O–H groups in total. The van der Waals surface area contributed by atoms with Crippen molar-refractivity contribution in [1.29, 1.82) is 0 Å². The van der Waals surface area contributed by atoms with Crippen LogP contribution in [0.2, 0.25) is 0 Å². The zero-order valence-corrected chi connectivity index (χ0v) is 19.8. The minimum absolute atomic E-state index is 0.0242. The highest BCUT2D eigenvalue weighted by Crippen LogP contribution is 2.39. The number of nitrogens with one attached hydrogen (secondary N) is 1. The van der Waals surface area contributed by atoms with Gasteiger partial charge in [0.05, 0.1) is 18.4 Å². The first-order valence-corrected chi connectivity index (χ1v) is 11.9. The van der Waals surface area contributed by atoms with E-state index in [0.29, 0.717) is 24.4 Å². The minimum Gasteiger partial charge on any atom is -0.486 e. The van der Waals surface area contributed by atoms with E-state index >= 15 is 0 Å². The number of piperazine rings is 1. The van der Waals surface area contributed by atoms with Crippen LogP contribution in [0, 0.1) is 17.5 Å². The Kier molecular flexibility index (Phi) is 6.51. The number of anilines is 2. The predicted octanol–water partition coefficient (Wildman–Crippen LogP) is 4.17. The third-order valence-electron chi connectivity index (χ3n) is 6.47. The van der Waals surface area contributed by atoms with Crippen molar-refractivity contribution >= 4 is 11.4 Å². The van der Waals surface area contributed by atoms with Gasteiger partial charge in [0.25, 0.3) is 0 Å². The standard InChI is InChI=1S/C26H28F3N5O/c1-16(2)34-9-10-35-26-21(28)11-18(12-23(26)34)25-22(29)15-31-24(32-25)13-17-3-4-19(14-20(17)27)33-7-5-30-6-8-33/h3-4,11-12,14-16,30H,5-10,13H2,1-2H3. The largest absolute Gasteiger partial charge is 0.486 e. The Morgan fingerprint density at radius 1 is 1.00 bits per heavy atom. The molecule has 0 atom stereocenters. The highest BCUT2D eigenvalue weighted by Gasteiger charge is 2.26. The summed E-state index contributed by atoms with van der Waals surface area (Å²) in [6.07, 6.45) is 1.15. The first-order chi connectivity index (χ1) is 16.9. The lowest BCUT2D eigenvalue weighted by Gasteiger charge is -2.34. The van der Waals surface area contributed by atoms with Gasteiger partial charge in [-0.15, -0.1) is 0 Å². The van der Waals surface area contributed by atoms with E-state index in [0.717, 1.165) is 38.1 Å². The molecule has 0 spiro atoms. The van der Waals surface area contributed by atoms with Crippen molar-refractivity contribution in [2.45, 2.75) is 26.3 Å². The molecule has 0 aliphatic carbocycles. The Morgan fingerprint density at radius 2 is 1.80 bits per heavy atom. The van der Waals surface area contributed by atoms with E-state index < -0.39 is 11.6 Å². The van der Waals surface area contributed by atoms with E-state index in [1.165, 1.54) is 12.1 Å². The van der Waals surface area contributed by atoms with Crippen LogP contribution in [-0.4, -0.2) is 55.3 Å². The van der Waals surface area contributed by atoms with E-state index in [1.54, 1.807) is 12.1 Å². The van der Waals surface area contributed by atoms with E-state index in [-0.39, 0.29) is 41.1 Å². The second kappa shape index (κ2) is 9.73. The van der Waals surface area contributed by atoms with Gasteiger partial charge in [-0.3, -0.25) is 0 Å². The number of rotatable bonds is 5. The third-order valence-corrected chi connectivity index (χ3v) is 6.47. The van der Waals surface area contributed by atoms with Gasteiger partial charge in [-0.2, -0.15) is 0 Å². The Morgan fingerprint density at radius 3 is 2.54 bits per heavy atom. The van der Waals surface area contributed by atoms with Gasteiger partial charge in [-0.25, -0.2) is 23.1 Å². The summed E-state index contributed by atoms with van der Waals surface area (Å²) >= 11 is 0. The van der Waals surface area contributed by atoms with E-state index in [1.807, 2.05) is 24.8 Å². The molecule has 0 bridgehead atoms. The summed E-state index contributed by atoms with van der Waals surface area (Å²) in [5.74, 6) is -1.19. The molecule has 0 saturated carbocycles. The fraction of sp³-hybridized carbons (Fsp3) is 0.385. The second-order valence-electron chi connectivity index (χ2n) is 9.11. The number of hydrogen-bond donors (Lipinski definition) is 1. The normalized spacial score (nSPS) is 15.8. The van der Waals surface area contributed by atoms with Gasteiger partial charge in [0.15, 0.2) is 17.4 Å². The first-order valence-electron chi connectivity index (χ1n) is 11.9. The molecule has 35 heavy (non-hydrogen) atoms. The van der Waals surface area contributed by atoms with Crippen LogP contribution in [0.3, 0.4) is 0 Å². The fourth-order valence-electron chi connectivity index (χ4n) is 4.64. The predicted molar refractivity (Wildman–Crippen MR) is 130 cm³/mol. The zero-order chi connectivity index (χ0) is 24.5. The number of halogens is 3. The van der Waals surface area contributed by atoms with Crippen LogP contribution >= 0.6 is 0 Å². The summed E-state index contributed by atoms with van der Waals surface area (Å²) in [7, 11) is 0. The highest BCUT2D eigenvalue weighted by molar-refractivity contribution is 5.72. The highest BCUT2D eigenvalue weighted by atomic mass is 19.1. The van der Waals surface area contributed by atoms with Gasteiger partial charge in [0.1, 0.15) is 23.9 Å². The van der Waals surface area contributed by atoms with Crippen LogP contribution in [0.4, 0.5) is 24.5 Å². The average Bonchev–Trinajstić information content (AvgIpc) is 2.86. The van der Waals surface area contributed by atoms with Crippen LogP contribution < -0.4 is 19.9 Å². The molecule has 2 aromatic carbocycles. The molecular weight excluding hydrogens is 455 g/mol. The monoisotopic (exact) mass is 483 g/mol. The smallest absolute Gasteiger partial charge is 0.178 e. The molecule has 0 radical (unpaired) electrons. The Labute approximate surface area is 202 Å². The summed E-state index contributed by atoms with van der Waals surface area (Å²) in [4.78, 5) is 12.6. The van der Waals surface area contributed by atoms with Crippen LogP contribution in [0.25, 0.3) is 11.3 Å². The van der Waals surface area contributed by atoms with Gasteiger partial charge in [-0.05, 0) is 43.7 Å². The van der Waals surface area contributed by atoms with Gasteiger partial charge >= 0.3 is 0 Å². The maximum atomic E-state index is 14.9. The van der Waals surface area contributed by atoms with E-state index in [4.69, 9.17) is 4.74 Å². The van der Waals surface area contributed by atoms with Gasteiger partial charge in [-0.1, -0.05) is 6.07 Å². The molecule has 1 fully saturated rings. The molecule has 3 aromatic rings. The van der Waals surface area contributed by atoms with Crippen molar-refractivity contribution in [2.24, 2.45) is 0 Å². The molecule has 9 heteroatoms. The number of aromatic nitrogens is 2. The summed E-state index contributed by atoms with van der Waals surface area (Å²) < 4.78 is 50.1. The van der Waals surface area contributed by atoms with Crippen molar-refractivity contribution in [3.63, 3.8) is 0 Å². The van der Waals surface area contributed by atoms with Crippen molar-refractivity contribution in [3.05, 3.63) is 65.4 Å². The van der Waals surface area contributed by atoms with Crippen LogP contribution in [-0.2, 0) is 6.42 Å². The van der Waals surface area contributed by atoms with Gasteiger partial charge in [0, 0.05) is 49.9 Å². The van der Waals surface area contributed by atoms with Gasteiger partial charge in [0.2, 0.25) is 0 Å². The van der Waals surface area contributed by atoms with Gasteiger partial charge < -0.3 is 19.9 Å². The molecule has 1 saturated heterocycles. The Balaban J connectivity index is 1.44. The Hall–Kier alpha value is -3.33. The maximum absolute atomic E-state index is 14.9. The summed E-state index contributed by atoms with van der Waals surface area (Å²) in [5, 5.41) is 3.28. The summed E-state index contributed by atoms with van der Waals surface area (Å²) in [6, 6.07) is 8.15. The maximum Gasteiger partial charge on any atom is 0.178 e. The zero-order valence-electron chi connectivity index (χ0n) is 19.8. The molecule has 2 aliphatic rings. The fourth-order valence-corrected chi connectivity index (χ4v) is 4.64. The van der Waals surface area contributed by atoms with Crippen molar-refractivity contribution in [1.82, 2.24) is 15.3 Å². The molecular formula is C26H28F3N5O.